The number of amides is 2. The van der Waals surface area contributed by atoms with Crippen LogP contribution in [0.4, 0.5) is 0 Å². The van der Waals surface area contributed by atoms with Crippen molar-refractivity contribution in [3.63, 3.8) is 0 Å². The molecule has 1 aliphatic rings. The maximum atomic E-state index is 12.7. The Bertz CT molecular complexity index is 841. The monoisotopic (exact) mass is 420 g/mol. The molecule has 2 aromatic rings. The van der Waals surface area contributed by atoms with Crippen molar-refractivity contribution in [2.75, 3.05) is 0 Å². The van der Waals surface area contributed by atoms with Crippen molar-refractivity contribution in [2.24, 2.45) is 0 Å². The van der Waals surface area contributed by atoms with Gasteiger partial charge < -0.3 is 15.4 Å². The molecule has 0 bridgehead atoms. The van der Waals surface area contributed by atoms with Gasteiger partial charge in [-0.3, -0.25) is 9.59 Å². The first-order chi connectivity index (χ1) is 13.4. The molecule has 0 aliphatic heterocycles. The van der Waals surface area contributed by atoms with Gasteiger partial charge in [0.15, 0.2) is 6.10 Å². The first-order valence-corrected chi connectivity index (χ1v) is 9.95. The highest BCUT2D eigenvalue weighted by molar-refractivity contribution is 6.42. The van der Waals surface area contributed by atoms with E-state index in [0.29, 0.717) is 17.2 Å². The predicted octanol–water partition coefficient (Wildman–Crippen LogP) is 3.77. The van der Waals surface area contributed by atoms with E-state index in [0.717, 1.165) is 18.4 Å². The molecule has 0 spiro atoms. The summed E-state index contributed by atoms with van der Waals surface area (Å²) in [5.74, 6) is -0.269. The standard InChI is InChI=1S/C21H22Cl2N2O3/c1-13(28-18-9-5-8-16(22)19(18)23)20(26)25-17(21(27)24-15-10-11-15)12-14-6-3-2-4-7-14/h2-9,13,15,17H,10-12H2,1H3,(H,24,27)(H,25,26). The Morgan fingerprint density at radius 2 is 1.79 bits per heavy atom. The van der Waals surface area contributed by atoms with Crippen molar-refractivity contribution in [1.82, 2.24) is 10.6 Å². The number of rotatable bonds is 8. The minimum Gasteiger partial charge on any atom is -0.479 e. The lowest BCUT2D eigenvalue weighted by Crippen LogP contribution is -2.51. The Morgan fingerprint density at radius 1 is 1.07 bits per heavy atom. The Hall–Kier alpha value is -2.24. The van der Waals surface area contributed by atoms with Crippen molar-refractivity contribution in [2.45, 2.75) is 44.4 Å². The number of ether oxygens (including phenoxy) is 1. The first-order valence-electron chi connectivity index (χ1n) is 9.19. The molecule has 28 heavy (non-hydrogen) atoms. The predicted molar refractivity (Wildman–Crippen MR) is 110 cm³/mol. The van der Waals surface area contributed by atoms with E-state index in [1.54, 1.807) is 25.1 Å². The van der Waals surface area contributed by atoms with Crippen LogP contribution in [0, 0.1) is 0 Å². The van der Waals surface area contributed by atoms with E-state index in [1.165, 1.54) is 0 Å². The lowest BCUT2D eigenvalue weighted by molar-refractivity contribution is -0.132. The normalized spacial score (nSPS) is 15.4. The average molecular weight is 421 g/mol. The molecular weight excluding hydrogens is 399 g/mol. The van der Waals surface area contributed by atoms with Gasteiger partial charge in [0.1, 0.15) is 16.8 Å². The van der Waals surface area contributed by atoms with Crippen LogP contribution < -0.4 is 15.4 Å². The highest BCUT2D eigenvalue weighted by Gasteiger charge is 2.30. The Kier molecular flexibility index (Phi) is 6.81. The summed E-state index contributed by atoms with van der Waals surface area (Å²) in [5.41, 5.74) is 0.963. The summed E-state index contributed by atoms with van der Waals surface area (Å²) >= 11 is 12.1. The Balaban J connectivity index is 1.66. The summed E-state index contributed by atoms with van der Waals surface area (Å²) in [6, 6.07) is 14.1. The van der Waals surface area contributed by atoms with Gasteiger partial charge in [-0.25, -0.2) is 0 Å². The van der Waals surface area contributed by atoms with Gasteiger partial charge in [0.25, 0.3) is 5.91 Å². The van der Waals surface area contributed by atoms with Crippen LogP contribution in [0.2, 0.25) is 10.0 Å². The molecule has 2 atom stereocenters. The van der Waals surface area contributed by atoms with Gasteiger partial charge in [0, 0.05) is 12.5 Å². The van der Waals surface area contributed by atoms with Crippen LogP contribution >= 0.6 is 23.2 Å². The third-order valence-electron chi connectivity index (χ3n) is 4.43. The van der Waals surface area contributed by atoms with Gasteiger partial charge in [-0.05, 0) is 37.5 Å². The van der Waals surface area contributed by atoms with E-state index in [-0.39, 0.29) is 17.0 Å². The van der Waals surface area contributed by atoms with E-state index in [1.807, 2.05) is 30.3 Å². The Morgan fingerprint density at radius 3 is 2.46 bits per heavy atom. The Labute approximate surface area is 174 Å². The maximum Gasteiger partial charge on any atom is 0.261 e. The number of hydrogen-bond donors (Lipinski definition) is 2. The number of nitrogens with one attached hydrogen (secondary N) is 2. The molecule has 7 heteroatoms. The molecule has 148 valence electrons. The van der Waals surface area contributed by atoms with Crippen molar-refractivity contribution in [3.05, 3.63) is 64.1 Å². The zero-order valence-electron chi connectivity index (χ0n) is 15.5. The van der Waals surface area contributed by atoms with Gasteiger partial charge in [-0.15, -0.1) is 0 Å². The fourth-order valence-electron chi connectivity index (χ4n) is 2.70. The number of carbonyl (C=O) groups is 2. The van der Waals surface area contributed by atoms with E-state index in [2.05, 4.69) is 10.6 Å². The quantitative estimate of drug-likeness (QED) is 0.682. The van der Waals surface area contributed by atoms with Gasteiger partial charge in [-0.1, -0.05) is 59.6 Å². The zero-order chi connectivity index (χ0) is 20.1. The van der Waals surface area contributed by atoms with E-state index >= 15 is 0 Å². The number of benzene rings is 2. The van der Waals surface area contributed by atoms with Crippen molar-refractivity contribution in [3.8, 4) is 5.75 Å². The molecule has 1 aliphatic carbocycles. The molecule has 2 unspecified atom stereocenters. The molecule has 3 rings (SSSR count). The molecule has 2 aromatic carbocycles. The third-order valence-corrected chi connectivity index (χ3v) is 5.23. The lowest BCUT2D eigenvalue weighted by atomic mass is 10.0. The van der Waals surface area contributed by atoms with E-state index in [9.17, 15) is 9.59 Å². The summed E-state index contributed by atoms with van der Waals surface area (Å²) in [6.45, 7) is 1.60. The van der Waals surface area contributed by atoms with Gasteiger partial charge in [-0.2, -0.15) is 0 Å². The van der Waals surface area contributed by atoms with E-state index < -0.39 is 18.1 Å². The fourth-order valence-corrected chi connectivity index (χ4v) is 3.03. The summed E-state index contributed by atoms with van der Waals surface area (Å²) in [4.78, 5) is 25.3. The highest BCUT2D eigenvalue weighted by atomic mass is 35.5. The van der Waals surface area contributed by atoms with Gasteiger partial charge in [0.2, 0.25) is 5.91 Å². The van der Waals surface area contributed by atoms with Crippen molar-refractivity contribution >= 4 is 35.0 Å². The second kappa shape index (κ2) is 9.30. The summed E-state index contributed by atoms with van der Waals surface area (Å²) in [7, 11) is 0. The van der Waals surface area contributed by atoms with Crippen molar-refractivity contribution in [1.29, 1.82) is 0 Å². The molecule has 2 amide bonds. The molecule has 2 N–H and O–H groups in total. The van der Waals surface area contributed by atoms with Crippen LogP contribution in [0.25, 0.3) is 0 Å². The fraction of sp³-hybridized carbons (Fsp3) is 0.333. The number of carbonyl (C=O) groups excluding carboxylic acids is 2. The van der Waals surface area contributed by atoms with Crippen molar-refractivity contribution < 1.29 is 14.3 Å². The molecular formula is C21H22Cl2N2O3. The largest absolute Gasteiger partial charge is 0.479 e. The number of hydrogen-bond acceptors (Lipinski definition) is 3. The molecule has 1 fully saturated rings. The van der Waals surface area contributed by atoms with Gasteiger partial charge >= 0.3 is 0 Å². The summed E-state index contributed by atoms with van der Waals surface area (Å²) in [6.07, 6.45) is 1.51. The molecule has 0 aromatic heterocycles. The molecule has 0 radical (unpaired) electrons. The van der Waals surface area contributed by atoms with Crippen LogP contribution in [0.15, 0.2) is 48.5 Å². The lowest BCUT2D eigenvalue weighted by Gasteiger charge is -2.22. The third kappa shape index (κ3) is 5.63. The van der Waals surface area contributed by atoms with Crippen LogP contribution in [0.1, 0.15) is 25.3 Å². The SMILES string of the molecule is CC(Oc1cccc(Cl)c1Cl)C(=O)NC(Cc1ccccc1)C(=O)NC1CC1. The molecule has 5 nitrogen and oxygen atoms in total. The number of halogens is 2. The topological polar surface area (TPSA) is 67.4 Å². The average Bonchev–Trinajstić information content (AvgIpc) is 3.49. The molecule has 0 heterocycles. The second-order valence-corrected chi connectivity index (χ2v) is 7.63. The molecule has 1 saturated carbocycles. The van der Waals surface area contributed by atoms with Crippen LogP contribution in [0.5, 0.6) is 5.75 Å². The zero-order valence-corrected chi connectivity index (χ0v) is 17.0. The summed E-state index contributed by atoms with van der Waals surface area (Å²) < 4.78 is 5.65. The molecule has 0 saturated heterocycles. The highest BCUT2D eigenvalue weighted by Crippen LogP contribution is 2.32. The van der Waals surface area contributed by atoms with Gasteiger partial charge in [0.05, 0.1) is 5.02 Å². The van der Waals surface area contributed by atoms with Crippen LogP contribution in [-0.2, 0) is 16.0 Å². The smallest absolute Gasteiger partial charge is 0.261 e. The first kappa shape index (κ1) is 20.5. The van der Waals surface area contributed by atoms with Crippen LogP contribution in [0.3, 0.4) is 0 Å². The minimum atomic E-state index is -0.844. The minimum absolute atomic E-state index is 0.187. The maximum absolute atomic E-state index is 12.7. The second-order valence-electron chi connectivity index (χ2n) is 6.85. The van der Waals surface area contributed by atoms with Crippen LogP contribution in [-0.4, -0.2) is 30.0 Å². The van der Waals surface area contributed by atoms with E-state index in [4.69, 9.17) is 27.9 Å². The summed E-state index contributed by atoms with van der Waals surface area (Å²) in [5, 5.41) is 6.34.